The second-order valence-electron chi connectivity index (χ2n) is 11.9. The van der Waals surface area contributed by atoms with Gasteiger partial charge in [0, 0.05) is 21.6 Å². The van der Waals surface area contributed by atoms with Gasteiger partial charge in [0.15, 0.2) is 0 Å². The molecule has 3 nitrogen and oxygen atoms in total. The lowest BCUT2D eigenvalue weighted by Gasteiger charge is -2.25. The van der Waals surface area contributed by atoms with E-state index in [2.05, 4.69) is 147 Å². The first kappa shape index (κ1) is 25.4. The van der Waals surface area contributed by atoms with E-state index >= 15 is 0 Å². The monoisotopic (exact) mass is 553 g/mol. The molecule has 0 bridgehead atoms. The van der Waals surface area contributed by atoms with Crippen LogP contribution in [0.4, 0.5) is 0 Å². The molecule has 0 amide bonds. The molecule has 5 aromatic carbocycles. The van der Waals surface area contributed by atoms with Crippen LogP contribution in [-0.2, 0) is 5.41 Å². The van der Waals surface area contributed by atoms with Crippen molar-refractivity contribution in [2.24, 2.45) is 0 Å². The van der Waals surface area contributed by atoms with Gasteiger partial charge in [-0.2, -0.15) is 0 Å². The Bertz CT molecular complexity index is 2350. The predicted octanol–water partition coefficient (Wildman–Crippen LogP) is 10.2. The van der Waals surface area contributed by atoms with Crippen LogP contribution in [-0.4, -0.2) is 14.5 Å². The number of benzene rings is 5. The molecule has 0 N–H and O–H groups in total. The normalized spacial score (nSPS) is 16.4. The SMILES string of the molecule is C=C/C=C1\C(=C(/C)c2nc(-n3c4ccccc4c4cc5ccccc5cc43)nc3ccccc23)C(C)(C)c2ccccc21. The van der Waals surface area contributed by atoms with Crippen molar-refractivity contribution in [2.75, 3.05) is 0 Å². The van der Waals surface area contributed by atoms with Crippen molar-refractivity contribution >= 4 is 54.6 Å². The number of para-hydroxylation sites is 2. The Morgan fingerprint density at radius 1 is 0.721 bits per heavy atom. The van der Waals surface area contributed by atoms with E-state index in [1.807, 2.05) is 6.08 Å². The molecule has 206 valence electrons. The molecule has 2 heterocycles. The summed E-state index contributed by atoms with van der Waals surface area (Å²) >= 11 is 0. The van der Waals surface area contributed by atoms with Gasteiger partial charge in [0.1, 0.15) is 0 Å². The first-order valence-electron chi connectivity index (χ1n) is 14.8. The molecule has 0 atom stereocenters. The van der Waals surface area contributed by atoms with E-state index in [0.29, 0.717) is 5.95 Å². The Morgan fingerprint density at radius 3 is 2.21 bits per heavy atom. The molecule has 0 spiro atoms. The summed E-state index contributed by atoms with van der Waals surface area (Å²) in [5.41, 5.74) is 10.1. The smallest absolute Gasteiger partial charge is 0.235 e. The van der Waals surface area contributed by atoms with Crippen molar-refractivity contribution in [3.8, 4) is 5.95 Å². The maximum Gasteiger partial charge on any atom is 0.235 e. The van der Waals surface area contributed by atoms with Crippen LogP contribution in [0.3, 0.4) is 0 Å². The van der Waals surface area contributed by atoms with E-state index in [0.717, 1.165) is 33.2 Å². The van der Waals surface area contributed by atoms with Crippen molar-refractivity contribution in [1.82, 2.24) is 14.5 Å². The Balaban J connectivity index is 1.47. The maximum absolute atomic E-state index is 5.43. The van der Waals surface area contributed by atoms with Crippen molar-refractivity contribution in [2.45, 2.75) is 26.2 Å². The van der Waals surface area contributed by atoms with Crippen molar-refractivity contribution in [3.63, 3.8) is 0 Å². The number of fused-ring (bicyclic) bond motifs is 6. The van der Waals surface area contributed by atoms with Gasteiger partial charge in [-0.3, -0.25) is 4.57 Å². The summed E-state index contributed by atoms with van der Waals surface area (Å²) in [4.78, 5) is 10.6. The molecule has 1 aliphatic rings. The highest BCUT2D eigenvalue weighted by molar-refractivity contribution is 6.13. The fourth-order valence-electron chi connectivity index (χ4n) is 7.27. The standard InChI is InChI=1S/C40H31N3/c1-5-14-30-28-17-8-11-20-33(28)40(3,4)37(30)25(2)38-31-19-9-12-21-34(31)41-39(42-38)43-35-22-13-10-18-29(35)32-23-26-15-6-7-16-27(26)24-36(32)43/h5-24H,1H2,2-4H3/b30-14-,37-25-. The molecule has 7 aromatic rings. The van der Waals surface area contributed by atoms with E-state index in [1.165, 1.54) is 43.8 Å². The van der Waals surface area contributed by atoms with Gasteiger partial charge in [0.05, 0.1) is 22.2 Å². The molecule has 3 heteroatoms. The van der Waals surface area contributed by atoms with Crippen molar-refractivity contribution < 1.29 is 0 Å². The van der Waals surface area contributed by atoms with E-state index in [-0.39, 0.29) is 5.41 Å². The molecule has 1 aliphatic carbocycles. The van der Waals surface area contributed by atoms with Gasteiger partial charge in [-0.25, -0.2) is 9.97 Å². The van der Waals surface area contributed by atoms with E-state index in [9.17, 15) is 0 Å². The quantitative estimate of drug-likeness (QED) is 0.218. The van der Waals surface area contributed by atoms with E-state index < -0.39 is 0 Å². The minimum absolute atomic E-state index is 0.201. The van der Waals surface area contributed by atoms with Crippen molar-refractivity contribution in [1.29, 1.82) is 0 Å². The van der Waals surface area contributed by atoms with Crippen LogP contribution in [0.1, 0.15) is 37.6 Å². The van der Waals surface area contributed by atoms with Crippen LogP contribution in [0.2, 0.25) is 0 Å². The van der Waals surface area contributed by atoms with Crippen LogP contribution < -0.4 is 0 Å². The lowest BCUT2D eigenvalue weighted by Crippen LogP contribution is -2.17. The third kappa shape index (κ3) is 3.68. The van der Waals surface area contributed by atoms with Crippen LogP contribution in [0, 0.1) is 0 Å². The average Bonchev–Trinajstić information content (AvgIpc) is 3.47. The molecular formula is C40H31N3. The Morgan fingerprint density at radius 2 is 1.40 bits per heavy atom. The second-order valence-corrected chi connectivity index (χ2v) is 11.9. The van der Waals surface area contributed by atoms with Gasteiger partial charge >= 0.3 is 0 Å². The summed E-state index contributed by atoms with van der Waals surface area (Å²) < 4.78 is 2.24. The third-order valence-electron chi connectivity index (χ3n) is 9.13. The molecule has 43 heavy (non-hydrogen) atoms. The fourth-order valence-corrected chi connectivity index (χ4v) is 7.27. The molecule has 0 unspecified atom stereocenters. The summed E-state index contributed by atoms with van der Waals surface area (Å²) in [5.74, 6) is 0.678. The summed E-state index contributed by atoms with van der Waals surface area (Å²) in [6.07, 6.45) is 4.04. The molecule has 0 saturated heterocycles. The van der Waals surface area contributed by atoms with Gasteiger partial charge in [-0.05, 0) is 69.8 Å². The van der Waals surface area contributed by atoms with Crippen molar-refractivity contribution in [3.05, 3.63) is 150 Å². The van der Waals surface area contributed by atoms with Crippen LogP contribution in [0.5, 0.6) is 0 Å². The highest BCUT2D eigenvalue weighted by Crippen LogP contribution is 2.52. The number of hydrogen-bond donors (Lipinski definition) is 0. The summed E-state index contributed by atoms with van der Waals surface area (Å²) in [6, 6.07) is 38.8. The molecule has 0 aliphatic heterocycles. The van der Waals surface area contributed by atoms with Crippen LogP contribution in [0.25, 0.3) is 60.6 Å². The lowest BCUT2D eigenvalue weighted by atomic mass is 9.79. The zero-order valence-corrected chi connectivity index (χ0v) is 24.6. The number of rotatable bonds is 3. The van der Waals surface area contributed by atoms with Gasteiger partial charge < -0.3 is 0 Å². The Kier molecular flexibility index (Phi) is 5.54. The van der Waals surface area contributed by atoms with Crippen LogP contribution >= 0.6 is 0 Å². The highest BCUT2D eigenvalue weighted by atomic mass is 15.2. The first-order chi connectivity index (χ1) is 21.0. The molecule has 0 fully saturated rings. The third-order valence-corrected chi connectivity index (χ3v) is 9.13. The number of hydrogen-bond acceptors (Lipinski definition) is 2. The summed E-state index contributed by atoms with van der Waals surface area (Å²) in [5, 5.41) is 5.87. The topological polar surface area (TPSA) is 30.7 Å². The van der Waals surface area contributed by atoms with Gasteiger partial charge in [-0.15, -0.1) is 0 Å². The molecule has 8 rings (SSSR count). The molecule has 0 radical (unpaired) electrons. The lowest BCUT2D eigenvalue weighted by molar-refractivity contribution is 0.662. The second kappa shape index (κ2) is 9.37. The van der Waals surface area contributed by atoms with Crippen LogP contribution in [0.15, 0.2) is 133 Å². The predicted molar refractivity (Wildman–Crippen MR) is 182 cm³/mol. The highest BCUT2D eigenvalue weighted by Gasteiger charge is 2.39. The maximum atomic E-state index is 5.43. The minimum Gasteiger partial charge on any atom is -0.278 e. The molecular weight excluding hydrogens is 522 g/mol. The summed E-state index contributed by atoms with van der Waals surface area (Å²) in [7, 11) is 0. The zero-order chi connectivity index (χ0) is 29.3. The van der Waals surface area contributed by atoms with Gasteiger partial charge in [0.2, 0.25) is 5.95 Å². The summed E-state index contributed by atoms with van der Waals surface area (Å²) in [6.45, 7) is 10.9. The zero-order valence-electron chi connectivity index (χ0n) is 24.6. The Hall–Kier alpha value is -5.28. The Labute approximate surface area is 251 Å². The molecule has 2 aromatic heterocycles. The first-order valence-corrected chi connectivity index (χ1v) is 14.8. The van der Waals surface area contributed by atoms with E-state index in [4.69, 9.17) is 9.97 Å². The van der Waals surface area contributed by atoms with Gasteiger partial charge in [-0.1, -0.05) is 118 Å². The minimum atomic E-state index is -0.201. The van der Waals surface area contributed by atoms with E-state index in [1.54, 1.807) is 0 Å². The average molecular weight is 554 g/mol. The largest absolute Gasteiger partial charge is 0.278 e. The molecule has 0 saturated carbocycles. The number of aromatic nitrogens is 3. The van der Waals surface area contributed by atoms with Gasteiger partial charge in [0.25, 0.3) is 0 Å². The number of nitrogens with zero attached hydrogens (tertiary/aromatic N) is 3. The fraction of sp³-hybridized carbons (Fsp3) is 0.100. The number of allylic oxidation sites excluding steroid dienone is 5.